The Bertz CT molecular complexity index is 405. The van der Waals surface area contributed by atoms with Gasteiger partial charge in [-0.15, -0.1) is 0 Å². The van der Waals surface area contributed by atoms with E-state index < -0.39 is 0 Å². The van der Waals surface area contributed by atoms with Gasteiger partial charge in [0.15, 0.2) is 0 Å². The summed E-state index contributed by atoms with van der Waals surface area (Å²) in [7, 11) is 1.72. The lowest BCUT2D eigenvalue weighted by Gasteiger charge is -2.28. The van der Waals surface area contributed by atoms with Crippen molar-refractivity contribution >= 4 is 5.69 Å². The summed E-state index contributed by atoms with van der Waals surface area (Å²) in [6, 6.07) is 7.25. The molecule has 2 unspecified atom stereocenters. The maximum atomic E-state index is 5.88. The van der Waals surface area contributed by atoms with Gasteiger partial charge < -0.3 is 10.5 Å². The molecular formula is C15H24N2O. The van der Waals surface area contributed by atoms with Gasteiger partial charge in [0.25, 0.3) is 0 Å². The number of nitrogens with zero attached hydrogens (tertiary/aromatic N) is 1. The van der Waals surface area contributed by atoms with Crippen LogP contribution < -0.4 is 10.5 Å². The molecule has 0 aliphatic carbocycles. The predicted molar refractivity (Wildman–Crippen MR) is 75.7 cm³/mol. The molecule has 1 aliphatic heterocycles. The third-order valence-electron chi connectivity index (χ3n) is 4.08. The van der Waals surface area contributed by atoms with Gasteiger partial charge in [0.1, 0.15) is 5.75 Å². The first kappa shape index (κ1) is 13.2. The fourth-order valence-corrected chi connectivity index (χ4v) is 2.97. The summed E-state index contributed by atoms with van der Waals surface area (Å²) < 4.78 is 5.43. The standard InChI is InChI=1S/C15H24N2O/c1-4-14-7-5-11(2)17(14)10-12-9-13(16)6-8-15(12)18-3/h6,8-9,11,14H,4-5,7,10,16H2,1-3H3. The number of rotatable bonds is 4. The van der Waals surface area contributed by atoms with Crippen molar-refractivity contribution < 1.29 is 4.74 Å². The van der Waals surface area contributed by atoms with E-state index in [0.717, 1.165) is 18.0 Å². The fourth-order valence-electron chi connectivity index (χ4n) is 2.97. The van der Waals surface area contributed by atoms with E-state index in [9.17, 15) is 0 Å². The molecule has 1 heterocycles. The van der Waals surface area contributed by atoms with Gasteiger partial charge in [0.05, 0.1) is 7.11 Å². The maximum absolute atomic E-state index is 5.88. The Hall–Kier alpha value is -1.22. The van der Waals surface area contributed by atoms with Crippen molar-refractivity contribution in [2.24, 2.45) is 0 Å². The van der Waals surface area contributed by atoms with E-state index in [1.165, 1.54) is 24.8 Å². The number of likely N-dealkylation sites (tertiary alicyclic amines) is 1. The molecule has 1 aromatic rings. The highest BCUT2D eigenvalue weighted by atomic mass is 16.5. The van der Waals surface area contributed by atoms with E-state index in [4.69, 9.17) is 10.5 Å². The van der Waals surface area contributed by atoms with Crippen LogP contribution in [0.2, 0.25) is 0 Å². The highest BCUT2D eigenvalue weighted by Crippen LogP contribution is 2.31. The van der Waals surface area contributed by atoms with Gasteiger partial charge in [-0.05, 0) is 44.4 Å². The van der Waals surface area contributed by atoms with E-state index in [0.29, 0.717) is 12.1 Å². The lowest BCUT2D eigenvalue weighted by atomic mass is 10.1. The van der Waals surface area contributed by atoms with Crippen LogP contribution in [0.15, 0.2) is 18.2 Å². The van der Waals surface area contributed by atoms with Crippen LogP contribution in [0.4, 0.5) is 5.69 Å². The highest BCUT2D eigenvalue weighted by molar-refractivity contribution is 5.47. The molecule has 2 rings (SSSR count). The smallest absolute Gasteiger partial charge is 0.123 e. The van der Waals surface area contributed by atoms with E-state index in [1.54, 1.807) is 7.11 Å². The summed E-state index contributed by atoms with van der Waals surface area (Å²) in [6.07, 6.45) is 3.82. The van der Waals surface area contributed by atoms with Gasteiger partial charge in [-0.2, -0.15) is 0 Å². The van der Waals surface area contributed by atoms with Crippen LogP contribution >= 0.6 is 0 Å². The molecule has 0 bridgehead atoms. The predicted octanol–water partition coefficient (Wildman–Crippen LogP) is 3.04. The Morgan fingerprint density at radius 2 is 2.17 bits per heavy atom. The second kappa shape index (κ2) is 5.61. The number of nitrogen functional groups attached to an aromatic ring is 1. The topological polar surface area (TPSA) is 38.5 Å². The number of methoxy groups -OCH3 is 1. The molecule has 2 atom stereocenters. The van der Waals surface area contributed by atoms with Gasteiger partial charge in [-0.3, -0.25) is 4.90 Å². The Morgan fingerprint density at radius 3 is 2.83 bits per heavy atom. The minimum Gasteiger partial charge on any atom is -0.496 e. The van der Waals surface area contributed by atoms with Crippen molar-refractivity contribution in [1.29, 1.82) is 0 Å². The molecule has 3 heteroatoms. The summed E-state index contributed by atoms with van der Waals surface area (Å²) in [5.41, 5.74) is 7.89. The molecule has 1 saturated heterocycles. The van der Waals surface area contributed by atoms with Crippen LogP contribution in [-0.4, -0.2) is 24.1 Å². The van der Waals surface area contributed by atoms with Crippen LogP contribution in [0.5, 0.6) is 5.75 Å². The highest BCUT2D eigenvalue weighted by Gasteiger charge is 2.29. The van der Waals surface area contributed by atoms with Crippen molar-refractivity contribution in [1.82, 2.24) is 4.90 Å². The van der Waals surface area contributed by atoms with Gasteiger partial charge >= 0.3 is 0 Å². The minimum atomic E-state index is 0.654. The largest absolute Gasteiger partial charge is 0.496 e. The van der Waals surface area contributed by atoms with E-state index in [-0.39, 0.29) is 0 Å². The van der Waals surface area contributed by atoms with E-state index >= 15 is 0 Å². The molecule has 2 N–H and O–H groups in total. The molecule has 3 nitrogen and oxygen atoms in total. The van der Waals surface area contributed by atoms with Crippen LogP contribution in [0.3, 0.4) is 0 Å². The summed E-state index contributed by atoms with van der Waals surface area (Å²) in [5, 5.41) is 0. The Kier molecular flexibility index (Phi) is 4.12. The number of hydrogen-bond acceptors (Lipinski definition) is 3. The zero-order valence-corrected chi connectivity index (χ0v) is 11.6. The zero-order valence-electron chi connectivity index (χ0n) is 11.6. The summed E-state index contributed by atoms with van der Waals surface area (Å²) in [4.78, 5) is 2.58. The van der Waals surface area contributed by atoms with Crippen molar-refractivity contribution in [3.05, 3.63) is 23.8 Å². The molecule has 1 aromatic carbocycles. The van der Waals surface area contributed by atoms with Gasteiger partial charge in [-0.1, -0.05) is 6.92 Å². The van der Waals surface area contributed by atoms with Crippen LogP contribution in [0, 0.1) is 0 Å². The van der Waals surface area contributed by atoms with Gasteiger partial charge in [0.2, 0.25) is 0 Å². The van der Waals surface area contributed by atoms with E-state index in [2.05, 4.69) is 18.7 Å². The number of nitrogens with two attached hydrogens (primary N) is 1. The lowest BCUT2D eigenvalue weighted by molar-refractivity contribution is 0.187. The van der Waals surface area contributed by atoms with Crippen molar-refractivity contribution in [3.63, 3.8) is 0 Å². The third kappa shape index (κ3) is 2.61. The van der Waals surface area contributed by atoms with Crippen LogP contribution in [0.1, 0.15) is 38.7 Å². The van der Waals surface area contributed by atoms with Crippen LogP contribution in [-0.2, 0) is 6.54 Å². The fraction of sp³-hybridized carbons (Fsp3) is 0.600. The first-order valence-corrected chi connectivity index (χ1v) is 6.83. The number of ether oxygens (including phenoxy) is 1. The number of anilines is 1. The van der Waals surface area contributed by atoms with Crippen LogP contribution in [0.25, 0.3) is 0 Å². The molecule has 100 valence electrons. The summed E-state index contributed by atoms with van der Waals surface area (Å²) >= 11 is 0. The van der Waals surface area contributed by atoms with Gasteiger partial charge in [-0.25, -0.2) is 0 Å². The molecule has 0 saturated carbocycles. The van der Waals surface area contributed by atoms with Crippen molar-refractivity contribution in [3.8, 4) is 5.75 Å². The molecule has 1 fully saturated rings. The van der Waals surface area contributed by atoms with Gasteiger partial charge in [0, 0.05) is 29.9 Å². The third-order valence-corrected chi connectivity index (χ3v) is 4.08. The molecule has 1 aliphatic rings. The quantitative estimate of drug-likeness (QED) is 0.832. The van der Waals surface area contributed by atoms with Crippen molar-refractivity contribution in [2.75, 3.05) is 12.8 Å². The number of hydrogen-bond donors (Lipinski definition) is 1. The van der Waals surface area contributed by atoms with E-state index in [1.807, 2.05) is 18.2 Å². The zero-order chi connectivity index (χ0) is 13.1. The normalized spacial score (nSPS) is 24.4. The molecular weight excluding hydrogens is 224 g/mol. The lowest BCUT2D eigenvalue weighted by Crippen LogP contribution is -2.33. The first-order chi connectivity index (χ1) is 8.65. The second-order valence-corrected chi connectivity index (χ2v) is 5.23. The van der Waals surface area contributed by atoms with Crippen molar-refractivity contribution in [2.45, 2.75) is 51.7 Å². The molecule has 18 heavy (non-hydrogen) atoms. The average molecular weight is 248 g/mol. The summed E-state index contributed by atoms with van der Waals surface area (Å²) in [6.45, 7) is 5.52. The molecule has 0 aromatic heterocycles. The number of benzene rings is 1. The maximum Gasteiger partial charge on any atom is 0.123 e. The molecule has 0 spiro atoms. The Labute approximate surface area is 110 Å². The first-order valence-electron chi connectivity index (χ1n) is 6.83. The minimum absolute atomic E-state index is 0.654. The SMILES string of the molecule is CCC1CCC(C)N1Cc1cc(N)ccc1OC. The molecule has 0 radical (unpaired) electrons. The summed E-state index contributed by atoms with van der Waals surface area (Å²) in [5.74, 6) is 0.943. The Balaban J connectivity index is 2.19. The second-order valence-electron chi connectivity index (χ2n) is 5.23. The monoisotopic (exact) mass is 248 g/mol. The Morgan fingerprint density at radius 1 is 1.39 bits per heavy atom. The average Bonchev–Trinajstić information content (AvgIpc) is 2.71. The molecule has 0 amide bonds.